The summed E-state index contributed by atoms with van der Waals surface area (Å²) >= 11 is 0. The number of hydrogen-bond donors (Lipinski definition) is 1. The van der Waals surface area contributed by atoms with Gasteiger partial charge in [0, 0.05) is 59.1 Å². The van der Waals surface area contributed by atoms with Gasteiger partial charge in [0.15, 0.2) is 11.6 Å². The molecule has 0 aromatic heterocycles. The van der Waals surface area contributed by atoms with E-state index in [1.807, 2.05) is 0 Å². The molecule has 2 heterocycles. The number of Topliss-reactive ketones (excluding diaryl/α,β-unsaturated/α-hetero) is 2. The Kier molecular flexibility index (Phi) is 5.66. The molecule has 0 fully saturated rings. The number of benzene rings is 2. The Morgan fingerprint density at radius 3 is 2.17 bits per heavy atom. The second-order valence-corrected chi connectivity index (χ2v) is 11.7. The van der Waals surface area contributed by atoms with Crippen LogP contribution < -0.4 is 10.2 Å². The van der Waals surface area contributed by atoms with Crippen molar-refractivity contribution < 1.29 is 9.59 Å². The average Bonchev–Trinajstić information content (AvgIpc) is 2.86. The Morgan fingerprint density at radius 1 is 0.889 bits per heavy atom. The highest BCUT2D eigenvalue weighted by Crippen LogP contribution is 2.49. The summed E-state index contributed by atoms with van der Waals surface area (Å²) < 4.78 is 0. The van der Waals surface area contributed by atoms with E-state index in [9.17, 15) is 9.59 Å². The van der Waals surface area contributed by atoms with Crippen molar-refractivity contribution in [2.24, 2.45) is 0 Å². The molecular formula is C32H36N2O2. The maximum absolute atomic E-state index is 13.2. The number of allylic oxidation sites excluding steroid dienone is 4. The van der Waals surface area contributed by atoms with Gasteiger partial charge in [-0.2, -0.15) is 0 Å². The molecule has 2 aliphatic heterocycles. The molecule has 1 atom stereocenters. The molecule has 0 spiro atoms. The third-order valence-corrected chi connectivity index (χ3v) is 8.72. The monoisotopic (exact) mass is 480 g/mol. The molecule has 4 aliphatic rings. The molecule has 4 heteroatoms. The highest BCUT2D eigenvalue weighted by atomic mass is 16.1. The van der Waals surface area contributed by atoms with E-state index in [-0.39, 0.29) is 23.0 Å². The molecule has 2 aliphatic carbocycles. The zero-order valence-electron chi connectivity index (χ0n) is 21.7. The molecule has 0 saturated carbocycles. The van der Waals surface area contributed by atoms with Crippen LogP contribution >= 0.6 is 0 Å². The zero-order valence-corrected chi connectivity index (χ0v) is 21.7. The summed E-state index contributed by atoms with van der Waals surface area (Å²) in [6.07, 6.45) is 5.77. The van der Waals surface area contributed by atoms with Crippen molar-refractivity contribution in [1.82, 2.24) is 5.32 Å². The summed E-state index contributed by atoms with van der Waals surface area (Å²) in [6, 6.07) is 17.4. The van der Waals surface area contributed by atoms with Crippen LogP contribution in [0.1, 0.15) is 94.2 Å². The number of nitrogens with zero attached hydrogens (tertiary/aromatic N) is 1. The Balaban J connectivity index is 1.47. The first kappa shape index (κ1) is 23.3. The number of hydrogen-bond acceptors (Lipinski definition) is 4. The number of carbonyl (C=O) groups excluding carboxylic acids is 2. The second kappa shape index (κ2) is 8.76. The van der Waals surface area contributed by atoms with E-state index in [1.165, 1.54) is 16.8 Å². The number of anilines is 1. The highest BCUT2D eigenvalue weighted by Gasteiger charge is 2.42. The zero-order chi connectivity index (χ0) is 25.0. The largest absolute Gasteiger partial charge is 0.362 e. The van der Waals surface area contributed by atoms with Gasteiger partial charge in [-0.15, -0.1) is 0 Å². The van der Waals surface area contributed by atoms with Crippen LogP contribution in [0.25, 0.3) is 0 Å². The van der Waals surface area contributed by atoms with Crippen molar-refractivity contribution in [2.75, 3.05) is 4.90 Å². The third-order valence-electron chi connectivity index (χ3n) is 8.72. The van der Waals surface area contributed by atoms with Gasteiger partial charge in [0.25, 0.3) is 0 Å². The molecular weight excluding hydrogens is 444 g/mol. The summed E-state index contributed by atoms with van der Waals surface area (Å²) in [4.78, 5) is 29.0. The number of ketones is 2. The Bertz CT molecular complexity index is 1260. The Hall–Kier alpha value is -3.14. The van der Waals surface area contributed by atoms with E-state index in [0.29, 0.717) is 18.8 Å². The van der Waals surface area contributed by atoms with Gasteiger partial charge in [0.1, 0.15) is 0 Å². The number of rotatable bonds is 3. The van der Waals surface area contributed by atoms with E-state index in [4.69, 9.17) is 0 Å². The van der Waals surface area contributed by atoms with E-state index in [2.05, 4.69) is 79.5 Å². The summed E-state index contributed by atoms with van der Waals surface area (Å²) in [6.45, 7) is 7.86. The topological polar surface area (TPSA) is 49.4 Å². The highest BCUT2D eigenvalue weighted by molar-refractivity contribution is 6.06. The minimum atomic E-state index is -0.230. The van der Waals surface area contributed by atoms with Crippen molar-refractivity contribution in [3.8, 4) is 0 Å². The average molecular weight is 481 g/mol. The standard InChI is InChI=1S/C32H36N2O2/c1-20-18-32(2,3)34(19-21-9-5-4-6-10-21)26-16-15-22(17-23(20)26)29-30-24(11-7-13-27(30)35)33-25-12-8-14-28(36)31(25)29/h4-6,9-10,15-17,20,29,33H,7-8,11-14,18-19H2,1-3H3. The fraction of sp³-hybridized carbons (Fsp3) is 0.438. The minimum Gasteiger partial charge on any atom is -0.362 e. The molecule has 36 heavy (non-hydrogen) atoms. The predicted octanol–water partition coefficient (Wildman–Crippen LogP) is 6.68. The van der Waals surface area contributed by atoms with Crippen LogP contribution in [0.15, 0.2) is 71.1 Å². The van der Waals surface area contributed by atoms with Gasteiger partial charge in [-0.25, -0.2) is 0 Å². The van der Waals surface area contributed by atoms with Gasteiger partial charge in [0.05, 0.1) is 0 Å². The molecule has 2 aromatic rings. The van der Waals surface area contributed by atoms with Crippen LogP contribution in [-0.2, 0) is 16.1 Å². The lowest BCUT2D eigenvalue weighted by Gasteiger charge is -2.48. The van der Waals surface area contributed by atoms with Crippen molar-refractivity contribution in [1.29, 1.82) is 0 Å². The first-order valence-corrected chi connectivity index (χ1v) is 13.6. The molecule has 6 rings (SSSR count). The van der Waals surface area contributed by atoms with Crippen LogP contribution in [-0.4, -0.2) is 17.1 Å². The Morgan fingerprint density at radius 2 is 1.53 bits per heavy atom. The van der Waals surface area contributed by atoms with Crippen LogP contribution in [0.2, 0.25) is 0 Å². The van der Waals surface area contributed by atoms with Gasteiger partial charge < -0.3 is 10.2 Å². The molecule has 1 N–H and O–H groups in total. The molecule has 186 valence electrons. The molecule has 2 aromatic carbocycles. The Labute approximate surface area is 214 Å². The van der Waals surface area contributed by atoms with Gasteiger partial charge in [-0.1, -0.05) is 49.4 Å². The summed E-state index contributed by atoms with van der Waals surface area (Å²) in [5.41, 5.74) is 8.85. The number of fused-ring (bicyclic) bond motifs is 1. The van der Waals surface area contributed by atoms with Crippen LogP contribution in [0.4, 0.5) is 5.69 Å². The molecule has 0 radical (unpaired) electrons. The fourth-order valence-corrected chi connectivity index (χ4v) is 7.07. The normalized spacial score (nSPS) is 23.8. The molecule has 0 bridgehead atoms. The first-order chi connectivity index (χ1) is 17.3. The predicted molar refractivity (Wildman–Crippen MR) is 144 cm³/mol. The van der Waals surface area contributed by atoms with Crippen LogP contribution in [0.5, 0.6) is 0 Å². The number of dihydropyridines is 1. The van der Waals surface area contributed by atoms with Gasteiger partial charge in [0.2, 0.25) is 0 Å². The fourth-order valence-electron chi connectivity index (χ4n) is 7.07. The maximum atomic E-state index is 13.2. The van der Waals surface area contributed by atoms with Crippen LogP contribution in [0, 0.1) is 0 Å². The van der Waals surface area contributed by atoms with Crippen LogP contribution in [0.3, 0.4) is 0 Å². The number of carbonyl (C=O) groups is 2. The molecule has 4 nitrogen and oxygen atoms in total. The van der Waals surface area contributed by atoms with Crippen molar-refractivity contribution >= 4 is 17.3 Å². The molecule has 0 amide bonds. The van der Waals surface area contributed by atoms with E-state index < -0.39 is 0 Å². The summed E-state index contributed by atoms with van der Waals surface area (Å²) in [5.74, 6) is 0.578. The van der Waals surface area contributed by atoms with E-state index in [0.717, 1.165) is 66.8 Å². The smallest absolute Gasteiger partial charge is 0.161 e. The maximum Gasteiger partial charge on any atom is 0.161 e. The SMILES string of the molecule is CC1CC(C)(C)N(Cc2ccccc2)c2ccc(C3C4=C(CCCC4=O)NC4=C3C(=O)CCC4)cc21. The van der Waals surface area contributed by atoms with Gasteiger partial charge in [-0.05, 0) is 74.6 Å². The molecule has 0 saturated heterocycles. The lowest BCUT2D eigenvalue weighted by molar-refractivity contribution is -0.116. The van der Waals surface area contributed by atoms with Gasteiger partial charge in [-0.3, -0.25) is 9.59 Å². The molecule has 1 unspecified atom stereocenters. The lowest BCUT2D eigenvalue weighted by Crippen LogP contribution is -2.47. The summed E-state index contributed by atoms with van der Waals surface area (Å²) in [5, 5.41) is 3.54. The lowest BCUT2D eigenvalue weighted by atomic mass is 9.70. The quantitative estimate of drug-likeness (QED) is 0.532. The minimum absolute atomic E-state index is 0.0304. The third kappa shape index (κ3) is 3.82. The number of nitrogens with one attached hydrogen (secondary N) is 1. The second-order valence-electron chi connectivity index (χ2n) is 11.7. The summed E-state index contributed by atoms with van der Waals surface area (Å²) in [7, 11) is 0. The van der Waals surface area contributed by atoms with E-state index >= 15 is 0 Å². The van der Waals surface area contributed by atoms with E-state index in [1.54, 1.807) is 0 Å². The van der Waals surface area contributed by atoms with Gasteiger partial charge >= 0.3 is 0 Å². The van der Waals surface area contributed by atoms with Crippen molar-refractivity contribution in [3.63, 3.8) is 0 Å². The first-order valence-electron chi connectivity index (χ1n) is 13.6. The van der Waals surface area contributed by atoms with Crippen molar-refractivity contribution in [3.05, 3.63) is 87.8 Å². The van der Waals surface area contributed by atoms with Crippen molar-refractivity contribution in [2.45, 2.75) is 89.6 Å².